The zero-order valence-electron chi connectivity index (χ0n) is 38.8. The first-order chi connectivity index (χ1) is 31.2. The summed E-state index contributed by atoms with van der Waals surface area (Å²) in [6.07, 6.45) is 0. The summed E-state index contributed by atoms with van der Waals surface area (Å²) in [7, 11) is -6.92. The van der Waals surface area contributed by atoms with Crippen LogP contribution in [0.3, 0.4) is 0 Å². The van der Waals surface area contributed by atoms with E-state index in [1.807, 2.05) is 0 Å². The van der Waals surface area contributed by atoms with Crippen LogP contribution < -0.4 is 20.7 Å². The molecule has 0 unspecified atom stereocenters. The molecule has 0 fully saturated rings. The molecule has 0 radical (unpaired) electrons. The van der Waals surface area contributed by atoms with Crippen molar-refractivity contribution in [2.75, 3.05) is 0 Å². The molecule has 0 bridgehead atoms. The van der Waals surface area contributed by atoms with E-state index in [4.69, 9.17) is 0 Å². The Morgan fingerprint density at radius 2 is 0.585 bits per heavy atom. The van der Waals surface area contributed by atoms with Gasteiger partial charge in [0.15, 0.2) is 0 Å². The molecular weight excluding hydrogens is 851 g/mol. The Morgan fingerprint density at radius 1 is 0.292 bits per heavy atom. The Kier molecular flexibility index (Phi) is 8.07. The van der Waals surface area contributed by atoms with Crippen LogP contribution in [-0.2, 0) is 0 Å². The molecule has 0 saturated carbocycles. The van der Waals surface area contributed by atoms with Crippen molar-refractivity contribution in [1.82, 2.24) is 13.7 Å². The molecule has 0 amide bonds. The predicted molar refractivity (Wildman–Crippen MR) is 293 cm³/mol. The molecule has 318 valence electrons. The van der Waals surface area contributed by atoms with E-state index in [1.54, 1.807) is 20.7 Å². The van der Waals surface area contributed by atoms with Crippen molar-refractivity contribution in [3.63, 3.8) is 0 Å². The largest absolute Gasteiger partial charge is 0.309 e. The summed E-state index contributed by atoms with van der Waals surface area (Å²) in [6.45, 7) is 21.1. The van der Waals surface area contributed by atoms with E-state index in [9.17, 15) is 0 Å². The molecule has 8 aromatic carbocycles. The summed E-state index contributed by atoms with van der Waals surface area (Å²) in [5.74, 6) is 0. The highest BCUT2D eigenvalue weighted by atomic mass is 28.4. The van der Waals surface area contributed by atoms with Gasteiger partial charge in [0.1, 0.15) is 0 Å². The number of fused-ring (bicyclic) bond motifs is 11. The average molecular weight is 906 g/mol. The van der Waals surface area contributed by atoms with Crippen LogP contribution in [0.1, 0.15) is 0 Å². The zero-order chi connectivity index (χ0) is 44.4. The molecule has 0 N–H and O–H groups in total. The average Bonchev–Trinajstić information content (AvgIpc) is 4.01. The fourth-order valence-corrected chi connectivity index (χ4v) is 43.7. The molecule has 3 nitrogen and oxygen atoms in total. The number of hydrogen-bond donors (Lipinski definition) is 0. The summed E-state index contributed by atoms with van der Waals surface area (Å²) >= 11 is 0. The van der Waals surface area contributed by atoms with Crippen LogP contribution in [0.2, 0.25) is 63.7 Å². The van der Waals surface area contributed by atoms with Crippen LogP contribution >= 0.6 is 0 Å². The van der Waals surface area contributed by atoms with Gasteiger partial charge in [-0.2, -0.15) is 0 Å². The molecule has 65 heavy (non-hydrogen) atoms. The van der Waals surface area contributed by atoms with Gasteiger partial charge in [-0.1, -0.05) is 188 Å². The fraction of sp³-hybridized carbons (Fsp3) is 0.172. The number of hydrogen-bond acceptors (Lipinski definition) is 0. The lowest BCUT2D eigenvalue weighted by molar-refractivity contribution is 1.16. The summed E-state index contributed by atoms with van der Waals surface area (Å²) in [4.78, 5) is 0. The highest BCUT2D eigenvalue weighted by molar-refractivity contribution is 7.15. The van der Waals surface area contributed by atoms with E-state index >= 15 is 0 Å². The zero-order valence-corrected chi connectivity index (χ0v) is 42.8. The second-order valence-electron chi connectivity index (χ2n) is 22.0. The molecule has 3 aromatic heterocycles. The normalized spacial score (nSPS) is 17.0. The Labute approximate surface area is 385 Å². The van der Waals surface area contributed by atoms with Gasteiger partial charge in [-0.25, -0.2) is 0 Å². The van der Waals surface area contributed by atoms with Gasteiger partial charge in [0.2, 0.25) is 0 Å². The smallest absolute Gasteiger partial charge is 0.0783 e. The van der Waals surface area contributed by atoms with Gasteiger partial charge in [0.25, 0.3) is 0 Å². The van der Waals surface area contributed by atoms with Gasteiger partial charge < -0.3 is 13.7 Å². The van der Waals surface area contributed by atoms with Crippen LogP contribution in [0, 0.1) is 0 Å². The topological polar surface area (TPSA) is 14.8 Å². The lowest BCUT2D eigenvalue weighted by Crippen LogP contribution is -2.45. The van der Waals surface area contributed by atoms with Gasteiger partial charge in [-0.05, 0) is 60.7 Å². The van der Waals surface area contributed by atoms with Gasteiger partial charge in [-0.15, -0.1) is 0 Å². The first-order valence-corrected chi connectivity index (χ1v) is 36.4. The molecule has 11 aromatic rings. The summed E-state index contributed by atoms with van der Waals surface area (Å²) < 4.78 is 7.77. The maximum absolute atomic E-state index is 2.75. The Bertz CT molecular complexity index is 3750. The van der Waals surface area contributed by atoms with Gasteiger partial charge in [-0.3, -0.25) is 0 Å². The minimum Gasteiger partial charge on any atom is -0.309 e. The first-order valence-electron chi connectivity index (χ1n) is 23.6. The van der Waals surface area contributed by atoms with Crippen molar-refractivity contribution in [2.24, 2.45) is 0 Å². The molecule has 0 spiro atoms. The van der Waals surface area contributed by atoms with Crippen LogP contribution in [0.25, 0.3) is 93.6 Å². The third kappa shape index (κ3) is 5.50. The highest BCUT2D eigenvalue weighted by Gasteiger charge is 2.47. The molecule has 0 aliphatic carbocycles. The Balaban J connectivity index is 1.17. The van der Waals surface area contributed by atoms with Crippen molar-refractivity contribution in [2.45, 2.75) is 63.7 Å². The van der Waals surface area contributed by atoms with Crippen LogP contribution in [0.4, 0.5) is 0 Å². The number of aromatic nitrogens is 3. The molecule has 7 heteroatoms. The number of rotatable bonds is 4. The number of nitrogens with zero attached hydrogens (tertiary/aromatic N) is 3. The fourth-order valence-electron chi connectivity index (χ4n) is 13.6. The molecule has 2 aliphatic heterocycles. The summed E-state index contributed by atoms with van der Waals surface area (Å²) in [5, 5.41) is 14.5. The quantitative estimate of drug-likeness (QED) is 0.156. The molecule has 13 rings (SSSR count). The maximum atomic E-state index is 2.75. The van der Waals surface area contributed by atoms with E-state index in [0.717, 1.165) is 0 Å². The van der Waals surface area contributed by atoms with Crippen molar-refractivity contribution in [1.29, 1.82) is 0 Å². The minimum atomic E-state index is -1.74. The van der Waals surface area contributed by atoms with E-state index in [-0.39, 0.29) is 0 Å². The lowest BCUT2D eigenvalue weighted by atomic mass is 10.00. The SMILES string of the molecule is C[Si]1(C)C[Si](C)(C)c2cc(-n3c4ccccc4c4ccccc43)c(-c3cc4c(cc3-n3c5ccccc5c5cc(-n6c7ccccc7c7ccccc76)ccc53)[Si](C)(C)C[Si]4(C)C)cc21. The minimum absolute atomic E-state index is 1.19. The van der Waals surface area contributed by atoms with Crippen molar-refractivity contribution in [3.8, 4) is 28.2 Å². The third-order valence-corrected chi connectivity index (χ3v) is 37.9. The van der Waals surface area contributed by atoms with Crippen LogP contribution in [-0.4, -0.2) is 46.0 Å². The standard InChI is InChI=1S/C58H55N3Si4/c1-62(2)36-64(5,6)57-34-53(60-49-26-16-11-21-41(49)42-22-12-17-27-50(42)60)45(32-55(57)62)46-33-56-58(65(7,8)37-63(56,3)4)35-54(46)61-51-28-18-13-23-43(51)44-31-38(29-30-52(44)61)59-47-24-14-9-19-39(47)40-20-10-15-25-48(40)59/h9-35H,36-37H2,1-8H3. The van der Waals surface area contributed by atoms with E-state index in [1.165, 1.54) is 105 Å². The lowest BCUT2D eigenvalue weighted by Gasteiger charge is -2.26. The van der Waals surface area contributed by atoms with Crippen molar-refractivity contribution >= 4 is 118 Å². The third-order valence-electron chi connectivity index (χ3n) is 15.8. The first kappa shape index (κ1) is 39.4. The van der Waals surface area contributed by atoms with E-state index in [0.29, 0.717) is 0 Å². The number of benzene rings is 8. The molecule has 0 saturated heterocycles. The van der Waals surface area contributed by atoms with Crippen molar-refractivity contribution in [3.05, 3.63) is 164 Å². The van der Waals surface area contributed by atoms with Gasteiger partial charge in [0.05, 0.1) is 76.8 Å². The van der Waals surface area contributed by atoms with E-state index in [2.05, 4.69) is 230 Å². The second kappa shape index (κ2) is 13.3. The summed E-state index contributed by atoms with van der Waals surface area (Å²) in [6, 6.07) is 63.3. The van der Waals surface area contributed by atoms with Crippen molar-refractivity contribution < 1.29 is 0 Å². The molecule has 2 aliphatic rings. The predicted octanol–water partition coefficient (Wildman–Crippen LogP) is 13.4. The molecule has 0 atom stereocenters. The highest BCUT2D eigenvalue weighted by Crippen LogP contribution is 2.44. The van der Waals surface area contributed by atoms with Gasteiger partial charge in [0, 0.05) is 49.1 Å². The van der Waals surface area contributed by atoms with Gasteiger partial charge >= 0.3 is 0 Å². The Hall–Kier alpha value is -5.97. The Morgan fingerprint density at radius 3 is 0.954 bits per heavy atom. The molecular formula is C58H55N3Si4. The monoisotopic (exact) mass is 905 g/mol. The summed E-state index contributed by atoms with van der Waals surface area (Å²) in [5.41, 5.74) is 16.9. The van der Waals surface area contributed by atoms with Crippen LogP contribution in [0.15, 0.2) is 164 Å². The van der Waals surface area contributed by atoms with E-state index < -0.39 is 32.3 Å². The number of para-hydroxylation sites is 5. The second-order valence-corrected chi connectivity index (χ2v) is 42.1. The van der Waals surface area contributed by atoms with Crippen LogP contribution in [0.5, 0.6) is 0 Å². The maximum Gasteiger partial charge on any atom is 0.0783 e. The molecule has 5 heterocycles.